The number of carbonyl (C=O) groups is 1. The number of ketones is 1. The largest absolute Gasteiger partial charge is 0.486 e. The molecule has 0 aliphatic heterocycles. The molecule has 0 heterocycles. The Labute approximate surface area is 161 Å². The van der Waals surface area contributed by atoms with Gasteiger partial charge in [0.25, 0.3) is 0 Å². The van der Waals surface area contributed by atoms with Crippen LogP contribution in [-0.4, -0.2) is 11.9 Å². The molecule has 0 N–H and O–H groups in total. The van der Waals surface area contributed by atoms with Gasteiger partial charge in [-0.05, 0) is 85.6 Å². The van der Waals surface area contributed by atoms with Gasteiger partial charge in [0, 0.05) is 6.42 Å². The molecular formula is C24H27FO2. The predicted octanol–water partition coefficient (Wildman–Crippen LogP) is 6.14. The van der Waals surface area contributed by atoms with Crippen LogP contribution in [0.1, 0.15) is 45.1 Å². The first-order valence-corrected chi connectivity index (χ1v) is 9.74. The van der Waals surface area contributed by atoms with E-state index in [1.165, 1.54) is 6.07 Å². The number of benzene rings is 2. The lowest BCUT2D eigenvalue weighted by Gasteiger charge is -2.22. The lowest BCUT2D eigenvalue weighted by Crippen LogP contribution is -2.18. The zero-order valence-corrected chi connectivity index (χ0v) is 16.1. The maximum absolute atomic E-state index is 13.8. The Morgan fingerprint density at radius 1 is 1.15 bits per heavy atom. The molecule has 3 rings (SSSR count). The third-order valence-electron chi connectivity index (χ3n) is 5.04. The van der Waals surface area contributed by atoms with Crippen LogP contribution in [0.2, 0.25) is 0 Å². The summed E-state index contributed by atoms with van der Waals surface area (Å²) in [6, 6.07) is 12.7. The van der Waals surface area contributed by atoms with E-state index in [1.54, 1.807) is 19.1 Å². The van der Waals surface area contributed by atoms with Crippen LogP contribution in [0, 0.1) is 11.7 Å². The fourth-order valence-corrected chi connectivity index (χ4v) is 3.51. The van der Waals surface area contributed by atoms with Crippen LogP contribution in [0.3, 0.4) is 0 Å². The Hall–Kier alpha value is -2.42. The quantitative estimate of drug-likeness (QED) is 0.550. The van der Waals surface area contributed by atoms with Gasteiger partial charge in [-0.2, -0.15) is 0 Å². The minimum atomic E-state index is -0.252. The average molecular weight is 366 g/mol. The summed E-state index contributed by atoms with van der Waals surface area (Å²) >= 11 is 0. The van der Waals surface area contributed by atoms with Crippen molar-refractivity contribution >= 4 is 5.78 Å². The fourth-order valence-electron chi connectivity index (χ4n) is 3.51. The molecule has 1 aliphatic carbocycles. The molecule has 0 radical (unpaired) electrons. The van der Waals surface area contributed by atoms with Crippen molar-refractivity contribution in [3.05, 3.63) is 66.0 Å². The highest BCUT2D eigenvalue weighted by atomic mass is 19.1. The highest BCUT2D eigenvalue weighted by Gasteiger charge is 2.15. The van der Waals surface area contributed by atoms with Gasteiger partial charge >= 0.3 is 0 Å². The van der Waals surface area contributed by atoms with Crippen LogP contribution in [0.5, 0.6) is 5.75 Å². The molecule has 142 valence electrons. The molecule has 2 nitrogen and oxygen atoms in total. The number of hydrogen-bond acceptors (Lipinski definition) is 2. The molecule has 0 bridgehead atoms. The van der Waals surface area contributed by atoms with Crippen molar-refractivity contribution < 1.29 is 13.9 Å². The van der Waals surface area contributed by atoms with E-state index in [1.807, 2.05) is 24.3 Å². The van der Waals surface area contributed by atoms with Crippen LogP contribution in [0.4, 0.5) is 4.39 Å². The van der Waals surface area contributed by atoms with Crippen molar-refractivity contribution in [1.82, 2.24) is 0 Å². The third-order valence-corrected chi connectivity index (χ3v) is 5.04. The number of allylic oxidation sites excluding steroid dienone is 1. The maximum atomic E-state index is 13.8. The summed E-state index contributed by atoms with van der Waals surface area (Å²) in [5, 5.41) is 0. The molecule has 2 atom stereocenters. The molecule has 0 amide bonds. The fraction of sp³-hybridized carbons (Fsp3) is 0.375. The van der Waals surface area contributed by atoms with E-state index in [0.717, 1.165) is 48.1 Å². The zero-order valence-electron chi connectivity index (χ0n) is 16.1. The smallest absolute Gasteiger partial charge is 0.129 e. The predicted molar refractivity (Wildman–Crippen MR) is 107 cm³/mol. The second-order valence-electron chi connectivity index (χ2n) is 7.48. The van der Waals surface area contributed by atoms with Crippen LogP contribution >= 0.6 is 0 Å². The van der Waals surface area contributed by atoms with Gasteiger partial charge < -0.3 is 9.53 Å². The first-order valence-electron chi connectivity index (χ1n) is 9.74. The van der Waals surface area contributed by atoms with E-state index in [4.69, 9.17) is 4.74 Å². The van der Waals surface area contributed by atoms with Gasteiger partial charge in [-0.1, -0.05) is 31.2 Å². The van der Waals surface area contributed by atoms with Crippen LogP contribution in [-0.2, 0) is 11.2 Å². The van der Waals surface area contributed by atoms with Gasteiger partial charge in [0.1, 0.15) is 23.5 Å². The van der Waals surface area contributed by atoms with Crippen molar-refractivity contribution in [3.8, 4) is 16.9 Å². The third kappa shape index (κ3) is 5.53. The maximum Gasteiger partial charge on any atom is 0.129 e. The van der Waals surface area contributed by atoms with Crippen molar-refractivity contribution in [1.29, 1.82) is 0 Å². The Kier molecular flexibility index (Phi) is 6.44. The lowest BCUT2D eigenvalue weighted by atomic mass is 9.94. The number of aryl methyl sites for hydroxylation is 1. The molecular weight excluding hydrogens is 339 g/mol. The first kappa shape index (κ1) is 19.3. The minimum Gasteiger partial charge on any atom is -0.486 e. The van der Waals surface area contributed by atoms with E-state index in [2.05, 4.69) is 19.1 Å². The van der Waals surface area contributed by atoms with Gasteiger partial charge in [0.15, 0.2) is 0 Å². The summed E-state index contributed by atoms with van der Waals surface area (Å²) in [4.78, 5) is 11.3. The summed E-state index contributed by atoms with van der Waals surface area (Å²) < 4.78 is 19.9. The number of halogens is 1. The second kappa shape index (κ2) is 8.98. The zero-order chi connectivity index (χ0) is 19.2. The van der Waals surface area contributed by atoms with E-state index in [0.29, 0.717) is 12.3 Å². The summed E-state index contributed by atoms with van der Waals surface area (Å²) in [6.45, 7) is 3.83. The van der Waals surface area contributed by atoms with Gasteiger partial charge in [-0.15, -0.1) is 0 Å². The van der Waals surface area contributed by atoms with Crippen molar-refractivity contribution in [2.45, 2.75) is 52.1 Å². The minimum absolute atomic E-state index is 0.0881. The van der Waals surface area contributed by atoms with Crippen LogP contribution < -0.4 is 4.74 Å². The normalized spacial score (nSPS) is 19.1. The Morgan fingerprint density at radius 2 is 2.00 bits per heavy atom. The number of ether oxygens (including phenoxy) is 1. The molecule has 2 aromatic rings. The monoisotopic (exact) mass is 366 g/mol. The Bertz CT molecular complexity index is 825. The standard InChI is InChI=1S/C24H27FO2/c1-17-9-12-22(13-10-17)27-23-14-11-19(6-3-5-18(2)26)24(16-23)20-7-4-8-21(25)15-20/h4,7-9,11-12,14-17,22H,3,5-6,10,13H2,1-2H3. The number of rotatable bonds is 7. The summed E-state index contributed by atoms with van der Waals surface area (Å²) in [7, 11) is 0. The van der Waals surface area contributed by atoms with Crippen molar-refractivity contribution in [2.24, 2.45) is 5.92 Å². The van der Waals surface area contributed by atoms with Crippen molar-refractivity contribution in [3.63, 3.8) is 0 Å². The van der Waals surface area contributed by atoms with Crippen LogP contribution in [0.25, 0.3) is 11.1 Å². The molecule has 1 aliphatic rings. The first-order chi connectivity index (χ1) is 13.0. The average Bonchev–Trinajstić information content (AvgIpc) is 2.64. The summed E-state index contributed by atoms with van der Waals surface area (Å²) in [5.74, 6) is 1.35. The second-order valence-corrected chi connectivity index (χ2v) is 7.48. The van der Waals surface area contributed by atoms with E-state index >= 15 is 0 Å². The molecule has 27 heavy (non-hydrogen) atoms. The van der Waals surface area contributed by atoms with Gasteiger partial charge in [0.05, 0.1) is 0 Å². The Morgan fingerprint density at radius 3 is 2.70 bits per heavy atom. The molecule has 2 aromatic carbocycles. The molecule has 0 saturated carbocycles. The van der Waals surface area contributed by atoms with Crippen LogP contribution in [0.15, 0.2) is 54.6 Å². The number of Topliss-reactive ketones (excluding diaryl/α,β-unsaturated/α-hetero) is 1. The van der Waals surface area contributed by atoms with Crippen molar-refractivity contribution in [2.75, 3.05) is 0 Å². The van der Waals surface area contributed by atoms with Gasteiger partial charge in [-0.3, -0.25) is 0 Å². The number of carbonyl (C=O) groups excluding carboxylic acids is 1. The summed E-state index contributed by atoms with van der Waals surface area (Å²) in [6.07, 6.45) is 8.70. The molecule has 0 spiro atoms. The molecule has 3 heteroatoms. The summed E-state index contributed by atoms with van der Waals surface area (Å²) in [5.41, 5.74) is 2.93. The van der Waals surface area contributed by atoms with Gasteiger partial charge in [-0.25, -0.2) is 4.39 Å². The molecule has 0 aromatic heterocycles. The highest BCUT2D eigenvalue weighted by molar-refractivity contribution is 5.75. The lowest BCUT2D eigenvalue weighted by molar-refractivity contribution is -0.117. The SMILES string of the molecule is CC(=O)CCCc1ccc(OC2C=CC(C)CC2)cc1-c1cccc(F)c1. The number of hydrogen-bond donors (Lipinski definition) is 0. The van der Waals surface area contributed by atoms with E-state index in [9.17, 15) is 9.18 Å². The topological polar surface area (TPSA) is 26.3 Å². The Balaban J connectivity index is 1.85. The highest BCUT2D eigenvalue weighted by Crippen LogP contribution is 2.31. The van der Waals surface area contributed by atoms with E-state index in [-0.39, 0.29) is 17.7 Å². The van der Waals surface area contributed by atoms with Gasteiger partial charge in [0.2, 0.25) is 0 Å². The molecule has 0 saturated heterocycles. The molecule has 2 unspecified atom stereocenters. The molecule has 0 fully saturated rings. The van der Waals surface area contributed by atoms with E-state index < -0.39 is 0 Å².